The van der Waals surface area contributed by atoms with Crippen LogP contribution in [0.3, 0.4) is 0 Å². The van der Waals surface area contributed by atoms with Gasteiger partial charge in [-0.2, -0.15) is 0 Å². The number of aromatic nitrogens is 1. The predicted octanol–water partition coefficient (Wildman–Crippen LogP) is 1.12. The van der Waals surface area contributed by atoms with Gasteiger partial charge in [0.1, 0.15) is 6.54 Å². The number of rotatable bonds is 5. The number of carboxylic acids is 1. The summed E-state index contributed by atoms with van der Waals surface area (Å²) in [6, 6.07) is 2.97. The van der Waals surface area contributed by atoms with Gasteiger partial charge in [0.25, 0.3) is 5.56 Å². The van der Waals surface area contributed by atoms with Crippen LogP contribution < -0.4 is 10.9 Å². The first-order chi connectivity index (χ1) is 9.40. The van der Waals surface area contributed by atoms with Crippen molar-refractivity contribution >= 4 is 27.8 Å². The molecule has 1 fully saturated rings. The van der Waals surface area contributed by atoms with Gasteiger partial charge in [0.15, 0.2) is 0 Å². The van der Waals surface area contributed by atoms with E-state index in [4.69, 9.17) is 5.11 Å². The van der Waals surface area contributed by atoms with Crippen molar-refractivity contribution in [2.24, 2.45) is 0 Å². The number of hydrogen-bond acceptors (Lipinski definition) is 3. The summed E-state index contributed by atoms with van der Waals surface area (Å²) in [5, 5.41) is 11.6. The van der Waals surface area contributed by atoms with Crippen LogP contribution in [0.5, 0.6) is 0 Å². The molecule has 0 spiro atoms. The standard InChI is InChI=1S/C13H15BrN2O4/c14-9-2-3-11(18)16(7-9)8-10(17)15-13(4-1-5-13)6-12(19)20/h2-3,7H,1,4-6,8H2,(H,15,17)(H,19,20). The summed E-state index contributed by atoms with van der Waals surface area (Å²) in [7, 11) is 0. The molecule has 0 atom stereocenters. The third-order valence-corrected chi connectivity index (χ3v) is 3.94. The lowest BCUT2D eigenvalue weighted by molar-refractivity contribution is -0.140. The van der Waals surface area contributed by atoms with E-state index >= 15 is 0 Å². The highest BCUT2D eigenvalue weighted by Crippen LogP contribution is 2.34. The zero-order chi connectivity index (χ0) is 14.8. The van der Waals surface area contributed by atoms with Crippen LogP contribution in [-0.4, -0.2) is 27.1 Å². The van der Waals surface area contributed by atoms with Gasteiger partial charge in [-0.15, -0.1) is 0 Å². The number of halogens is 1. The lowest BCUT2D eigenvalue weighted by Crippen LogP contribution is -2.55. The van der Waals surface area contributed by atoms with Crippen LogP contribution in [0.15, 0.2) is 27.6 Å². The molecule has 0 bridgehead atoms. The smallest absolute Gasteiger partial charge is 0.305 e. The number of nitrogens with one attached hydrogen (secondary N) is 1. The van der Waals surface area contributed by atoms with Gasteiger partial charge in [-0.05, 0) is 41.3 Å². The Morgan fingerprint density at radius 2 is 2.10 bits per heavy atom. The highest BCUT2D eigenvalue weighted by Gasteiger charge is 2.40. The minimum absolute atomic E-state index is 0.0773. The molecule has 1 amide bonds. The third-order valence-electron chi connectivity index (χ3n) is 3.47. The van der Waals surface area contributed by atoms with Gasteiger partial charge in [-0.3, -0.25) is 14.4 Å². The van der Waals surface area contributed by atoms with E-state index in [0.29, 0.717) is 17.3 Å². The molecule has 0 saturated heterocycles. The second-order valence-corrected chi connectivity index (χ2v) is 5.98. The van der Waals surface area contributed by atoms with Crippen molar-refractivity contribution in [3.05, 3.63) is 33.2 Å². The Hall–Kier alpha value is -1.63. The first-order valence-corrected chi connectivity index (χ1v) is 7.08. The SMILES string of the molecule is O=C(O)CC1(NC(=O)Cn2cc(Br)ccc2=O)CCC1. The number of amides is 1. The Bertz CT molecular complexity index is 592. The number of carbonyl (C=O) groups excluding carboxylic acids is 1. The Morgan fingerprint density at radius 1 is 1.40 bits per heavy atom. The van der Waals surface area contributed by atoms with Crippen molar-refractivity contribution in [1.29, 1.82) is 0 Å². The second kappa shape index (κ2) is 5.78. The Balaban J connectivity index is 2.03. The average molecular weight is 343 g/mol. The van der Waals surface area contributed by atoms with E-state index in [9.17, 15) is 14.4 Å². The zero-order valence-corrected chi connectivity index (χ0v) is 12.4. The Labute approximate surface area is 123 Å². The lowest BCUT2D eigenvalue weighted by atomic mass is 9.74. The predicted molar refractivity (Wildman–Crippen MR) is 75.4 cm³/mol. The van der Waals surface area contributed by atoms with E-state index in [2.05, 4.69) is 21.2 Å². The van der Waals surface area contributed by atoms with Gasteiger partial charge >= 0.3 is 5.97 Å². The van der Waals surface area contributed by atoms with Crippen LogP contribution in [-0.2, 0) is 16.1 Å². The molecule has 0 radical (unpaired) electrons. The van der Waals surface area contributed by atoms with Crippen LogP contribution in [0.4, 0.5) is 0 Å². The fraction of sp³-hybridized carbons (Fsp3) is 0.462. The number of nitrogens with zero attached hydrogens (tertiary/aromatic N) is 1. The first kappa shape index (κ1) is 14.8. The molecule has 1 aromatic rings. The summed E-state index contributed by atoms with van der Waals surface area (Å²) >= 11 is 3.24. The lowest BCUT2D eigenvalue weighted by Gasteiger charge is -2.41. The highest BCUT2D eigenvalue weighted by atomic mass is 79.9. The quantitative estimate of drug-likeness (QED) is 0.839. The van der Waals surface area contributed by atoms with Gasteiger partial charge in [-0.25, -0.2) is 0 Å². The van der Waals surface area contributed by atoms with Crippen molar-refractivity contribution in [3.63, 3.8) is 0 Å². The van der Waals surface area contributed by atoms with Gasteiger partial charge in [0, 0.05) is 16.7 Å². The highest BCUT2D eigenvalue weighted by molar-refractivity contribution is 9.10. The van der Waals surface area contributed by atoms with E-state index in [1.54, 1.807) is 6.07 Å². The van der Waals surface area contributed by atoms with E-state index in [-0.39, 0.29) is 24.4 Å². The largest absolute Gasteiger partial charge is 0.481 e. The maximum absolute atomic E-state index is 12.0. The van der Waals surface area contributed by atoms with E-state index in [1.165, 1.54) is 16.8 Å². The molecule has 108 valence electrons. The van der Waals surface area contributed by atoms with Gasteiger partial charge in [0.05, 0.1) is 12.0 Å². The molecular weight excluding hydrogens is 328 g/mol. The molecule has 0 aromatic carbocycles. The summed E-state index contributed by atoms with van der Waals surface area (Å²) in [6.07, 6.45) is 3.69. The van der Waals surface area contributed by atoms with Crippen molar-refractivity contribution in [2.75, 3.05) is 0 Å². The summed E-state index contributed by atoms with van der Waals surface area (Å²) < 4.78 is 1.99. The number of carbonyl (C=O) groups is 2. The molecule has 0 unspecified atom stereocenters. The summed E-state index contributed by atoms with van der Waals surface area (Å²) in [4.78, 5) is 34.4. The van der Waals surface area contributed by atoms with E-state index < -0.39 is 11.5 Å². The number of carboxylic acid groups (broad SMARTS) is 1. The minimum atomic E-state index is -0.926. The molecule has 0 aliphatic heterocycles. The normalized spacial score (nSPS) is 16.2. The van der Waals surface area contributed by atoms with Crippen LogP contribution in [0, 0.1) is 0 Å². The van der Waals surface area contributed by atoms with Crippen LogP contribution in [0.1, 0.15) is 25.7 Å². The number of pyridine rings is 1. The summed E-state index contributed by atoms with van der Waals surface area (Å²) in [5.41, 5.74) is -0.914. The summed E-state index contributed by atoms with van der Waals surface area (Å²) in [5.74, 6) is -1.27. The molecule has 1 aliphatic carbocycles. The monoisotopic (exact) mass is 342 g/mol. The molecule has 1 aromatic heterocycles. The second-order valence-electron chi connectivity index (χ2n) is 5.07. The topological polar surface area (TPSA) is 88.4 Å². The molecule has 7 heteroatoms. The van der Waals surface area contributed by atoms with E-state index in [1.807, 2.05) is 0 Å². The molecule has 1 heterocycles. The average Bonchev–Trinajstić information content (AvgIpc) is 2.30. The molecular formula is C13H15BrN2O4. The van der Waals surface area contributed by atoms with Crippen LogP contribution >= 0.6 is 15.9 Å². The molecule has 1 aliphatic rings. The van der Waals surface area contributed by atoms with Gasteiger partial charge in [-0.1, -0.05) is 0 Å². The zero-order valence-electron chi connectivity index (χ0n) is 10.8. The first-order valence-electron chi connectivity index (χ1n) is 6.29. The van der Waals surface area contributed by atoms with Crippen molar-refractivity contribution < 1.29 is 14.7 Å². The third kappa shape index (κ3) is 3.47. The summed E-state index contributed by atoms with van der Waals surface area (Å²) in [6.45, 7) is -0.111. The van der Waals surface area contributed by atoms with Crippen molar-refractivity contribution in [3.8, 4) is 0 Å². The van der Waals surface area contributed by atoms with Crippen molar-refractivity contribution in [1.82, 2.24) is 9.88 Å². The molecule has 1 saturated carbocycles. The number of hydrogen-bond donors (Lipinski definition) is 2. The minimum Gasteiger partial charge on any atom is -0.481 e. The maximum atomic E-state index is 12.0. The molecule has 20 heavy (non-hydrogen) atoms. The molecule has 6 nitrogen and oxygen atoms in total. The fourth-order valence-corrected chi connectivity index (χ4v) is 2.73. The van der Waals surface area contributed by atoms with Gasteiger partial charge in [0.2, 0.25) is 5.91 Å². The van der Waals surface area contributed by atoms with Crippen molar-refractivity contribution in [2.45, 2.75) is 37.8 Å². The van der Waals surface area contributed by atoms with Crippen LogP contribution in [0.25, 0.3) is 0 Å². The maximum Gasteiger partial charge on any atom is 0.305 e. The fourth-order valence-electron chi connectivity index (χ4n) is 2.35. The Kier molecular flexibility index (Phi) is 4.27. The number of aliphatic carboxylic acids is 1. The van der Waals surface area contributed by atoms with Gasteiger partial charge < -0.3 is 15.0 Å². The Morgan fingerprint density at radius 3 is 2.65 bits per heavy atom. The van der Waals surface area contributed by atoms with Crippen LogP contribution in [0.2, 0.25) is 0 Å². The molecule has 2 N–H and O–H groups in total. The molecule has 2 rings (SSSR count). The van der Waals surface area contributed by atoms with E-state index in [0.717, 1.165) is 6.42 Å².